The SMILES string of the molecule is CC1(C)c2ccccc2-c2cccc(-c3ccc(-c4cc(-c5ccccc5)nc(-c5c6ccccc6cc6ccc7ccccc7c56)n4)cc3)c21. The van der Waals surface area contributed by atoms with Gasteiger partial charge >= 0.3 is 0 Å². The van der Waals surface area contributed by atoms with Gasteiger partial charge in [-0.2, -0.15) is 0 Å². The van der Waals surface area contributed by atoms with Gasteiger partial charge in [0.15, 0.2) is 5.82 Å². The number of hydrogen-bond donors (Lipinski definition) is 0. The van der Waals surface area contributed by atoms with Crippen LogP contribution in [0.25, 0.3) is 88.5 Å². The topological polar surface area (TPSA) is 25.8 Å². The lowest BCUT2D eigenvalue weighted by Gasteiger charge is -2.24. The lowest BCUT2D eigenvalue weighted by Crippen LogP contribution is -2.16. The van der Waals surface area contributed by atoms with Crippen LogP contribution in [0.3, 0.4) is 0 Å². The van der Waals surface area contributed by atoms with Crippen LogP contribution in [0.2, 0.25) is 0 Å². The molecule has 10 rings (SSSR count). The molecule has 240 valence electrons. The van der Waals surface area contributed by atoms with Crippen molar-refractivity contribution >= 4 is 32.3 Å². The second-order valence-electron chi connectivity index (χ2n) is 14.2. The van der Waals surface area contributed by atoms with Crippen molar-refractivity contribution in [2.75, 3.05) is 0 Å². The van der Waals surface area contributed by atoms with E-state index in [-0.39, 0.29) is 5.41 Å². The molecule has 1 aliphatic carbocycles. The van der Waals surface area contributed by atoms with E-state index in [2.05, 4.69) is 184 Å². The quantitative estimate of drug-likeness (QED) is 0.140. The Morgan fingerprint density at radius 1 is 0.412 bits per heavy atom. The van der Waals surface area contributed by atoms with Crippen molar-refractivity contribution in [1.29, 1.82) is 0 Å². The van der Waals surface area contributed by atoms with Crippen LogP contribution in [0.15, 0.2) is 170 Å². The lowest BCUT2D eigenvalue weighted by atomic mass is 9.79. The van der Waals surface area contributed by atoms with Gasteiger partial charge in [-0.15, -0.1) is 0 Å². The third-order valence-corrected chi connectivity index (χ3v) is 10.8. The van der Waals surface area contributed by atoms with Crippen LogP contribution < -0.4 is 0 Å². The van der Waals surface area contributed by atoms with Crippen LogP contribution in [0, 0.1) is 0 Å². The summed E-state index contributed by atoms with van der Waals surface area (Å²) < 4.78 is 0. The Bertz CT molecular complexity index is 2810. The molecule has 0 N–H and O–H groups in total. The summed E-state index contributed by atoms with van der Waals surface area (Å²) in [7, 11) is 0. The van der Waals surface area contributed by atoms with Crippen molar-refractivity contribution in [2.45, 2.75) is 19.3 Å². The summed E-state index contributed by atoms with van der Waals surface area (Å²) in [6, 6.07) is 61.1. The molecule has 51 heavy (non-hydrogen) atoms. The van der Waals surface area contributed by atoms with E-state index < -0.39 is 0 Å². The summed E-state index contributed by atoms with van der Waals surface area (Å²) in [5.74, 6) is 0.731. The molecular formula is C49H34N2. The Balaban J connectivity index is 1.18. The number of hydrogen-bond acceptors (Lipinski definition) is 2. The number of nitrogens with zero attached hydrogens (tertiary/aromatic N) is 2. The molecule has 0 radical (unpaired) electrons. The molecule has 9 aromatic rings. The van der Waals surface area contributed by atoms with Gasteiger partial charge in [-0.25, -0.2) is 9.97 Å². The fraction of sp³-hybridized carbons (Fsp3) is 0.0612. The maximum absolute atomic E-state index is 5.41. The molecule has 1 heterocycles. The monoisotopic (exact) mass is 650 g/mol. The third kappa shape index (κ3) is 4.64. The Morgan fingerprint density at radius 3 is 1.80 bits per heavy atom. The molecule has 0 bridgehead atoms. The Kier molecular flexibility index (Phi) is 6.56. The van der Waals surface area contributed by atoms with E-state index in [4.69, 9.17) is 9.97 Å². The highest BCUT2D eigenvalue weighted by Crippen LogP contribution is 2.52. The van der Waals surface area contributed by atoms with E-state index in [1.165, 1.54) is 60.3 Å². The van der Waals surface area contributed by atoms with Crippen LogP contribution in [0.1, 0.15) is 25.0 Å². The highest BCUT2D eigenvalue weighted by Gasteiger charge is 2.37. The van der Waals surface area contributed by atoms with Gasteiger partial charge in [-0.05, 0) is 72.4 Å². The molecule has 8 aromatic carbocycles. The second kappa shape index (κ2) is 11.3. The van der Waals surface area contributed by atoms with Crippen molar-refractivity contribution in [3.63, 3.8) is 0 Å². The predicted octanol–water partition coefficient (Wildman–Crippen LogP) is 12.9. The van der Waals surface area contributed by atoms with Gasteiger partial charge in [0.1, 0.15) is 0 Å². The van der Waals surface area contributed by atoms with Crippen molar-refractivity contribution < 1.29 is 0 Å². The molecule has 0 spiro atoms. The maximum atomic E-state index is 5.41. The minimum absolute atomic E-state index is 0.0846. The minimum Gasteiger partial charge on any atom is -0.228 e. The first-order chi connectivity index (χ1) is 25.0. The van der Waals surface area contributed by atoms with E-state index >= 15 is 0 Å². The molecule has 0 amide bonds. The highest BCUT2D eigenvalue weighted by atomic mass is 14.9. The summed E-state index contributed by atoms with van der Waals surface area (Å²) in [4.78, 5) is 10.7. The zero-order valence-electron chi connectivity index (χ0n) is 28.6. The fourth-order valence-corrected chi connectivity index (χ4v) is 8.45. The molecule has 0 fully saturated rings. The van der Waals surface area contributed by atoms with E-state index in [0.29, 0.717) is 0 Å². The standard InChI is InChI=1S/C49H34N2/c1-49(2)42-22-11-10-19-40(42)41-21-12-20-39(47(41)49)32-23-26-34(27-24-32)44-30-43(33-14-4-3-5-15-33)50-48(51-44)46-38-18-9-7-16-35(38)29-36-28-25-31-13-6-8-17-37(31)45(36)46/h3-30H,1-2H3. The van der Waals surface area contributed by atoms with E-state index in [9.17, 15) is 0 Å². The molecule has 0 saturated heterocycles. The van der Waals surface area contributed by atoms with E-state index in [1.54, 1.807) is 0 Å². The van der Waals surface area contributed by atoms with Crippen molar-refractivity contribution in [3.8, 4) is 56.2 Å². The van der Waals surface area contributed by atoms with Crippen LogP contribution in [-0.4, -0.2) is 9.97 Å². The normalized spacial score (nSPS) is 13.1. The average molecular weight is 651 g/mol. The van der Waals surface area contributed by atoms with Gasteiger partial charge in [-0.1, -0.05) is 172 Å². The van der Waals surface area contributed by atoms with E-state index in [1.807, 2.05) is 0 Å². The van der Waals surface area contributed by atoms with Gasteiger partial charge in [0.05, 0.1) is 11.4 Å². The third-order valence-electron chi connectivity index (χ3n) is 10.8. The number of benzene rings is 8. The van der Waals surface area contributed by atoms with Crippen LogP contribution in [0.4, 0.5) is 0 Å². The summed E-state index contributed by atoms with van der Waals surface area (Å²) in [5, 5.41) is 7.10. The average Bonchev–Trinajstić information content (AvgIpc) is 3.43. The zero-order chi connectivity index (χ0) is 34.1. The van der Waals surface area contributed by atoms with Crippen molar-refractivity contribution in [3.05, 3.63) is 181 Å². The largest absolute Gasteiger partial charge is 0.228 e. The smallest absolute Gasteiger partial charge is 0.161 e. The summed E-state index contributed by atoms with van der Waals surface area (Å²) >= 11 is 0. The van der Waals surface area contributed by atoms with Gasteiger partial charge in [0.2, 0.25) is 0 Å². The fourth-order valence-electron chi connectivity index (χ4n) is 8.45. The van der Waals surface area contributed by atoms with Gasteiger partial charge in [-0.3, -0.25) is 0 Å². The van der Waals surface area contributed by atoms with Gasteiger partial charge in [0.25, 0.3) is 0 Å². The minimum atomic E-state index is -0.0846. The summed E-state index contributed by atoms with van der Waals surface area (Å²) in [6.45, 7) is 4.70. The molecule has 0 unspecified atom stereocenters. The Morgan fingerprint density at radius 2 is 1.00 bits per heavy atom. The number of fused-ring (bicyclic) bond motifs is 7. The van der Waals surface area contributed by atoms with Crippen LogP contribution in [0.5, 0.6) is 0 Å². The Hall–Kier alpha value is -6.38. The second-order valence-corrected chi connectivity index (χ2v) is 14.2. The van der Waals surface area contributed by atoms with Crippen LogP contribution >= 0.6 is 0 Å². The molecule has 0 aliphatic heterocycles. The Labute approximate surface area is 297 Å². The van der Waals surface area contributed by atoms with E-state index in [0.717, 1.165) is 39.3 Å². The molecular weight excluding hydrogens is 617 g/mol. The number of rotatable bonds is 4. The summed E-state index contributed by atoms with van der Waals surface area (Å²) in [5.41, 5.74) is 12.9. The molecule has 2 heteroatoms. The predicted molar refractivity (Wildman–Crippen MR) is 214 cm³/mol. The maximum Gasteiger partial charge on any atom is 0.161 e. The van der Waals surface area contributed by atoms with Crippen molar-refractivity contribution in [2.24, 2.45) is 0 Å². The first-order valence-electron chi connectivity index (χ1n) is 17.7. The molecule has 1 aliphatic rings. The molecule has 0 atom stereocenters. The lowest BCUT2D eigenvalue weighted by molar-refractivity contribution is 0.662. The van der Waals surface area contributed by atoms with Crippen LogP contribution in [-0.2, 0) is 5.41 Å². The first-order valence-corrected chi connectivity index (χ1v) is 17.7. The zero-order valence-corrected chi connectivity index (χ0v) is 28.6. The molecule has 2 nitrogen and oxygen atoms in total. The number of aromatic nitrogens is 2. The first kappa shape index (κ1) is 29.5. The highest BCUT2D eigenvalue weighted by molar-refractivity contribution is 6.21. The van der Waals surface area contributed by atoms with Crippen molar-refractivity contribution in [1.82, 2.24) is 9.97 Å². The molecule has 0 saturated carbocycles. The van der Waals surface area contributed by atoms with Gasteiger partial charge < -0.3 is 0 Å². The molecule has 1 aromatic heterocycles. The summed E-state index contributed by atoms with van der Waals surface area (Å²) in [6.07, 6.45) is 0. The van der Waals surface area contributed by atoms with Gasteiger partial charge in [0, 0.05) is 27.5 Å².